The van der Waals surface area contributed by atoms with E-state index in [0.717, 1.165) is 0 Å². The number of rotatable bonds is 4. The van der Waals surface area contributed by atoms with Crippen molar-refractivity contribution in [1.82, 2.24) is 0 Å². The van der Waals surface area contributed by atoms with Crippen LogP contribution in [0.2, 0.25) is 0 Å². The Kier molecular flexibility index (Phi) is 4.70. The Morgan fingerprint density at radius 3 is 2.43 bits per heavy atom. The predicted molar refractivity (Wildman–Crippen MR) is 86.1 cm³/mol. The lowest BCUT2D eigenvalue weighted by Gasteiger charge is -2.09. The van der Waals surface area contributed by atoms with E-state index in [0.29, 0.717) is 8.95 Å². The molecule has 2 aromatic rings. The van der Waals surface area contributed by atoms with Crippen molar-refractivity contribution in [3.8, 4) is 0 Å². The van der Waals surface area contributed by atoms with Crippen LogP contribution in [0.5, 0.6) is 0 Å². The number of sulfonamides is 1. The van der Waals surface area contributed by atoms with Crippen molar-refractivity contribution in [2.45, 2.75) is 4.90 Å². The molecule has 0 spiro atoms. The number of carbonyl (C=O) groups is 1. The molecule has 0 bridgehead atoms. The molecule has 0 fully saturated rings. The monoisotopic (exact) mass is 433 g/mol. The van der Waals surface area contributed by atoms with E-state index >= 15 is 0 Å². The van der Waals surface area contributed by atoms with Crippen LogP contribution in [0.3, 0.4) is 0 Å². The van der Waals surface area contributed by atoms with Crippen LogP contribution in [0.25, 0.3) is 0 Å². The number of hydrogen-bond donors (Lipinski definition) is 2. The van der Waals surface area contributed by atoms with Crippen molar-refractivity contribution in [3.05, 3.63) is 57.0 Å². The minimum Gasteiger partial charge on any atom is -0.478 e. The van der Waals surface area contributed by atoms with E-state index in [-0.39, 0.29) is 16.1 Å². The molecule has 2 N–H and O–H groups in total. The number of hydrogen-bond acceptors (Lipinski definition) is 3. The first-order valence-corrected chi connectivity index (χ1v) is 8.68. The van der Waals surface area contributed by atoms with Gasteiger partial charge in [0.1, 0.15) is 0 Å². The normalized spacial score (nSPS) is 11.1. The SMILES string of the molecule is O=C(O)c1cc(NS(=O)(=O)c2cccc(Br)c2)ccc1Br. The summed E-state index contributed by atoms with van der Waals surface area (Å²) in [7, 11) is -3.78. The van der Waals surface area contributed by atoms with Gasteiger partial charge in [-0.2, -0.15) is 0 Å². The molecule has 0 aliphatic heterocycles. The summed E-state index contributed by atoms with van der Waals surface area (Å²) in [6, 6.07) is 10.4. The number of halogens is 2. The fourth-order valence-corrected chi connectivity index (χ4v) is 3.66. The molecule has 0 aliphatic carbocycles. The van der Waals surface area contributed by atoms with Crippen molar-refractivity contribution >= 4 is 53.5 Å². The molecule has 0 saturated heterocycles. The van der Waals surface area contributed by atoms with Gasteiger partial charge in [-0.3, -0.25) is 4.72 Å². The number of carboxylic acid groups (broad SMARTS) is 1. The van der Waals surface area contributed by atoms with Gasteiger partial charge in [0.15, 0.2) is 0 Å². The van der Waals surface area contributed by atoms with Crippen LogP contribution >= 0.6 is 31.9 Å². The van der Waals surface area contributed by atoms with Gasteiger partial charge >= 0.3 is 5.97 Å². The fraction of sp³-hybridized carbons (Fsp3) is 0. The molecule has 21 heavy (non-hydrogen) atoms. The molecule has 0 heterocycles. The van der Waals surface area contributed by atoms with Crippen molar-refractivity contribution < 1.29 is 18.3 Å². The van der Waals surface area contributed by atoms with Crippen LogP contribution in [0.15, 0.2) is 56.3 Å². The lowest BCUT2D eigenvalue weighted by Crippen LogP contribution is -2.13. The zero-order valence-electron chi connectivity index (χ0n) is 10.4. The molecule has 0 amide bonds. The molecular weight excluding hydrogens is 426 g/mol. The van der Waals surface area contributed by atoms with E-state index < -0.39 is 16.0 Å². The van der Waals surface area contributed by atoms with Gasteiger partial charge in [0, 0.05) is 14.6 Å². The lowest BCUT2D eigenvalue weighted by molar-refractivity contribution is 0.0696. The van der Waals surface area contributed by atoms with Gasteiger partial charge in [0.25, 0.3) is 10.0 Å². The molecule has 5 nitrogen and oxygen atoms in total. The second-order valence-corrected chi connectivity index (χ2v) is 7.52. The zero-order chi connectivity index (χ0) is 15.6. The summed E-state index contributed by atoms with van der Waals surface area (Å²) in [4.78, 5) is 11.1. The van der Waals surface area contributed by atoms with Gasteiger partial charge in [0.2, 0.25) is 0 Å². The quantitative estimate of drug-likeness (QED) is 0.768. The maximum atomic E-state index is 12.2. The topological polar surface area (TPSA) is 83.5 Å². The summed E-state index contributed by atoms with van der Waals surface area (Å²) in [6.45, 7) is 0. The zero-order valence-corrected chi connectivity index (χ0v) is 14.4. The summed E-state index contributed by atoms with van der Waals surface area (Å²) in [6.07, 6.45) is 0. The maximum Gasteiger partial charge on any atom is 0.336 e. The number of benzene rings is 2. The molecule has 0 atom stereocenters. The smallest absolute Gasteiger partial charge is 0.336 e. The Labute approximate surface area is 138 Å². The van der Waals surface area contributed by atoms with Crippen LogP contribution in [0.4, 0.5) is 5.69 Å². The van der Waals surface area contributed by atoms with Gasteiger partial charge in [-0.1, -0.05) is 22.0 Å². The Hall–Kier alpha value is -1.38. The van der Waals surface area contributed by atoms with Crippen LogP contribution < -0.4 is 4.72 Å². The van der Waals surface area contributed by atoms with E-state index in [4.69, 9.17) is 5.11 Å². The standard InChI is InChI=1S/C13H9Br2NO4S/c14-8-2-1-3-10(6-8)21(19,20)16-9-4-5-12(15)11(7-9)13(17)18/h1-7,16H,(H,17,18). The first-order chi connectivity index (χ1) is 9.79. The third kappa shape index (κ3) is 3.84. The number of aromatic carboxylic acids is 1. The summed E-state index contributed by atoms with van der Waals surface area (Å²) in [5.74, 6) is -1.15. The van der Waals surface area contributed by atoms with Gasteiger partial charge < -0.3 is 5.11 Å². The summed E-state index contributed by atoms with van der Waals surface area (Å²) < 4.78 is 27.8. The molecular formula is C13H9Br2NO4S. The summed E-state index contributed by atoms with van der Waals surface area (Å²) >= 11 is 6.30. The van der Waals surface area contributed by atoms with Crippen molar-refractivity contribution in [2.24, 2.45) is 0 Å². The molecule has 0 radical (unpaired) electrons. The van der Waals surface area contributed by atoms with E-state index in [9.17, 15) is 13.2 Å². The van der Waals surface area contributed by atoms with Crippen molar-refractivity contribution in [3.63, 3.8) is 0 Å². The van der Waals surface area contributed by atoms with Crippen LogP contribution in [0, 0.1) is 0 Å². The van der Waals surface area contributed by atoms with Crippen molar-refractivity contribution in [2.75, 3.05) is 4.72 Å². The molecule has 0 unspecified atom stereocenters. The fourth-order valence-electron chi connectivity index (χ4n) is 1.60. The van der Waals surface area contributed by atoms with E-state index in [2.05, 4.69) is 36.6 Å². The maximum absolute atomic E-state index is 12.2. The molecule has 110 valence electrons. The highest BCUT2D eigenvalue weighted by Crippen LogP contribution is 2.24. The highest BCUT2D eigenvalue weighted by molar-refractivity contribution is 9.10. The van der Waals surface area contributed by atoms with Crippen LogP contribution in [-0.4, -0.2) is 19.5 Å². The minimum absolute atomic E-state index is 0.0237. The highest BCUT2D eigenvalue weighted by Gasteiger charge is 2.16. The molecule has 2 aromatic carbocycles. The molecule has 0 aliphatic rings. The van der Waals surface area contributed by atoms with Crippen LogP contribution in [0.1, 0.15) is 10.4 Å². The first-order valence-electron chi connectivity index (χ1n) is 5.61. The lowest BCUT2D eigenvalue weighted by atomic mass is 10.2. The minimum atomic E-state index is -3.78. The van der Waals surface area contributed by atoms with Gasteiger partial charge in [-0.05, 0) is 52.3 Å². The Morgan fingerprint density at radius 2 is 1.81 bits per heavy atom. The number of carboxylic acids is 1. The van der Waals surface area contributed by atoms with E-state index in [1.54, 1.807) is 12.1 Å². The van der Waals surface area contributed by atoms with Gasteiger partial charge in [0.05, 0.1) is 10.5 Å². The average molecular weight is 435 g/mol. The van der Waals surface area contributed by atoms with E-state index in [1.165, 1.54) is 30.3 Å². The van der Waals surface area contributed by atoms with E-state index in [1.807, 2.05) is 0 Å². The largest absolute Gasteiger partial charge is 0.478 e. The summed E-state index contributed by atoms with van der Waals surface area (Å²) in [5.41, 5.74) is 0.153. The number of anilines is 1. The first kappa shape index (κ1) is 16.0. The second kappa shape index (κ2) is 6.17. The Bertz CT molecular complexity index is 806. The molecule has 2 rings (SSSR count). The van der Waals surface area contributed by atoms with Gasteiger partial charge in [-0.25, -0.2) is 13.2 Å². The Balaban J connectivity index is 2.37. The third-order valence-corrected chi connectivity index (χ3v) is 5.12. The number of nitrogens with one attached hydrogen (secondary N) is 1. The predicted octanol–water partition coefficient (Wildman–Crippen LogP) is 3.71. The van der Waals surface area contributed by atoms with Crippen molar-refractivity contribution in [1.29, 1.82) is 0 Å². The highest BCUT2D eigenvalue weighted by atomic mass is 79.9. The molecule has 0 aromatic heterocycles. The third-order valence-electron chi connectivity index (χ3n) is 2.56. The Morgan fingerprint density at radius 1 is 1.10 bits per heavy atom. The van der Waals surface area contributed by atoms with Gasteiger partial charge in [-0.15, -0.1) is 0 Å². The summed E-state index contributed by atoms with van der Waals surface area (Å²) in [5, 5.41) is 9.03. The molecule has 0 saturated carbocycles. The second-order valence-electron chi connectivity index (χ2n) is 4.06. The van der Waals surface area contributed by atoms with Crippen LogP contribution in [-0.2, 0) is 10.0 Å². The molecule has 8 heteroatoms. The average Bonchev–Trinajstić information content (AvgIpc) is 2.40.